The standard InChI is InChI=1S/C18H30N2O/c1-14(2)15-9-11-18(13-19,12-10-15)20(3)16-5-7-17(21-4)8-6-16/h5-8,14-15H,9-13,19H2,1-4H3. The predicted molar refractivity (Wildman–Crippen MR) is 90.0 cm³/mol. The summed E-state index contributed by atoms with van der Waals surface area (Å²) in [5.74, 6) is 2.54. The van der Waals surface area contributed by atoms with Gasteiger partial charge in [0.1, 0.15) is 5.75 Å². The first kappa shape index (κ1) is 16.2. The van der Waals surface area contributed by atoms with Gasteiger partial charge in [-0.15, -0.1) is 0 Å². The minimum Gasteiger partial charge on any atom is -0.497 e. The SMILES string of the molecule is COc1ccc(N(C)C2(CN)CCC(C(C)C)CC2)cc1. The van der Waals surface area contributed by atoms with Gasteiger partial charge in [0, 0.05) is 19.3 Å². The Morgan fingerprint density at radius 2 is 1.81 bits per heavy atom. The zero-order valence-corrected chi connectivity index (χ0v) is 13.9. The maximum absolute atomic E-state index is 6.19. The van der Waals surface area contributed by atoms with E-state index in [0.29, 0.717) is 0 Å². The Kier molecular flexibility index (Phi) is 5.15. The normalized spacial score (nSPS) is 25.9. The number of hydrogen-bond donors (Lipinski definition) is 1. The molecule has 0 bridgehead atoms. The lowest BCUT2D eigenvalue weighted by atomic mass is 9.72. The van der Waals surface area contributed by atoms with Crippen molar-refractivity contribution in [3.8, 4) is 5.75 Å². The van der Waals surface area contributed by atoms with Crippen LogP contribution in [0.3, 0.4) is 0 Å². The van der Waals surface area contributed by atoms with Crippen molar-refractivity contribution >= 4 is 5.69 Å². The van der Waals surface area contributed by atoms with Crippen LogP contribution in [0.2, 0.25) is 0 Å². The van der Waals surface area contributed by atoms with Gasteiger partial charge in [-0.05, 0) is 61.8 Å². The van der Waals surface area contributed by atoms with E-state index in [1.54, 1.807) is 7.11 Å². The van der Waals surface area contributed by atoms with Crippen molar-refractivity contribution < 1.29 is 4.74 Å². The van der Waals surface area contributed by atoms with Gasteiger partial charge < -0.3 is 15.4 Å². The van der Waals surface area contributed by atoms with E-state index in [0.717, 1.165) is 24.1 Å². The van der Waals surface area contributed by atoms with Crippen molar-refractivity contribution in [3.05, 3.63) is 24.3 Å². The number of methoxy groups -OCH3 is 1. The van der Waals surface area contributed by atoms with Crippen molar-refractivity contribution in [1.82, 2.24) is 0 Å². The Balaban J connectivity index is 2.12. The van der Waals surface area contributed by atoms with E-state index in [9.17, 15) is 0 Å². The summed E-state index contributed by atoms with van der Waals surface area (Å²) in [7, 11) is 3.89. The molecule has 1 aliphatic rings. The fraction of sp³-hybridized carbons (Fsp3) is 0.667. The molecule has 1 fully saturated rings. The van der Waals surface area contributed by atoms with Crippen LogP contribution in [0.25, 0.3) is 0 Å². The number of benzene rings is 1. The zero-order valence-electron chi connectivity index (χ0n) is 13.9. The van der Waals surface area contributed by atoms with Gasteiger partial charge in [0.25, 0.3) is 0 Å². The number of anilines is 1. The molecule has 1 aromatic rings. The van der Waals surface area contributed by atoms with Gasteiger partial charge in [-0.1, -0.05) is 13.8 Å². The first-order chi connectivity index (χ1) is 10.0. The third-order valence-corrected chi connectivity index (χ3v) is 5.45. The molecule has 0 unspecified atom stereocenters. The van der Waals surface area contributed by atoms with Crippen molar-refractivity contribution in [3.63, 3.8) is 0 Å². The summed E-state index contributed by atoms with van der Waals surface area (Å²) in [6, 6.07) is 8.31. The summed E-state index contributed by atoms with van der Waals surface area (Å²) < 4.78 is 5.24. The molecule has 1 aromatic carbocycles. The number of nitrogens with two attached hydrogens (primary N) is 1. The molecule has 21 heavy (non-hydrogen) atoms. The molecule has 1 aliphatic carbocycles. The molecule has 2 rings (SSSR count). The minimum atomic E-state index is 0.111. The first-order valence-corrected chi connectivity index (χ1v) is 8.10. The highest BCUT2D eigenvalue weighted by molar-refractivity contribution is 5.51. The molecule has 0 atom stereocenters. The van der Waals surface area contributed by atoms with Crippen molar-refractivity contribution in [2.45, 2.75) is 45.1 Å². The molecule has 3 heteroatoms. The average Bonchev–Trinajstić information content (AvgIpc) is 2.54. The molecule has 118 valence electrons. The van der Waals surface area contributed by atoms with Crippen molar-refractivity contribution in [1.29, 1.82) is 0 Å². The highest BCUT2D eigenvalue weighted by atomic mass is 16.5. The molecule has 3 nitrogen and oxygen atoms in total. The second kappa shape index (κ2) is 6.69. The highest BCUT2D eigenvalue weighted by Crippen LogP contribution is 2.40. The predicted octanol–water partition coefficient (Wildman–Crippen LogP) is 3.68. The average molecular weight is 290 g/mol. The fourth-order valence-corrected chi connectivity index (χ4v) is 3.60. The Labute approximate surface area is 129 Å². The Hall–Kier alpha value is -1.22. The number of ether oxygens (including phenoxy) is 1. The molecule has 2 N–H and O–H groups in total. The minimum absolute atomic E-state index is 0.111. The Morgan fingerprint density at radius 3 is 2.24 bits per heavy atom. The number of rotatable bonds is 5. The lowest BCUT2D eigenvalue weighted by molar-refractivity contribution is 0.194. The lowest BCUT2D eigenvalue weighted by Gasteiger charge is -2.47. The van der Waals surface area contributed by atoms with Crippen LogP contribution in [-0.2, 0) is 0 Å². The van der Waals surface area contributed by atoms with Gasteiger partial charge in [-0.3, -0.25) is 0 Å². The van der Waals surface area contributed by atoms with Gasteiger partial charge in [0.2, 0.25) is 0 Å². The van der Waals surface area contributed by atoms with Crippen LogP contribution in [0.15, 0.2) is 24.3 Å². The van der Waals surface area contributed by atoms with Crippen LogP contribution < -0.4 is 15.4 Å². The van der Waals surface area contributed by atoms with E-state index >= 15 is 0 Å². The third-order valence-electron chi connectivity index (χ3n) is 5.45. The molecule has 0 saturated heterocycles. The smallest absolute Gasteiger partial charge is 0.119 e. The molecule has 0 radical (unpaired) electrons. The van der Waals surface area contributed by atoms with Crippen LogP contribution in [0.1, 0.15) is 39.5 Å². The van der Waals surface area contributed by atoms with Crippen LogP contribution in [-0.4, -0.2) is 26.2 Å². The molecule has 0 heterocycles. The molecular formula is C18H30N2O. The van der Waals surface area contributed by atoms with Crippen LogP contribution in [0, 0.1) is 11.8 Å². The van der Waals surface area contributed by atoms with E-state index in [1.807, 2.05) is 12.1 Å². The zero-order chi connectivity index (χ0) is 15.5. The summed E-state index contributed by atoms with van der Waals surface area (Å²) in [6.45, 7) is 5.40. The maximum Gasteiger partial charge on any atom is 0.119 e. The quantitative estimate of drug-likeness (QED) is 0.899. The van der Waals surface area contributed by atoms with Crippen LogP contribution >= 0.6 is 0 Å². The highest BCUT2D eigenvalue weighted by Gasteiger charge is 2.38. The van der Waals surface area contributed by atoms with E-state index in [-0.39, 0.29) is 5.54 Å². The van der Waals surface area contributed by atoms with E-state index < -0.39 is 0 Å². The van der Waals surface area contributed by atoms with Gasteiger partial charge in [-0.2, -0.15) is 0 Å². The molecule has 0 aliphatic heterocycles. The second-order valence-corrected chi connectivity index (χ2v) is 6.77. The largest absolute Gasteiger partial charge is 0.497 e. The summed E-state index contributed by atoms with van der Waals surface area (Å²) in [6.07, 6.45) is 4.95. The summed E-state index contributed by atoms with van der Waals surface area (Å²) >= 11 is 0. The summed E-state index contributed by atoms with van der Waals surface area (Å²) in [4.78, 5) is 2.39. The number of likely N-dealkylation sites (N-methyl/N-ethyl adjacent to an activating group) is 1. The lowest BCUT2D eigenvalue weighted by Crippen LogP contribution is -2.54. The van der Waals surface area contributed by atoms with Crippen LogP contribution in [0.4, 0.5) is 5.69 Å². The number of nitrogens with zero attached hydrogens (tertiary/aromatic N) is 1. The molecular weight excluding hydrogens is 260 g/mol. The molecule has 0 aromatic heterocycles. The van der Waals surface area contributed by atoms with Gasteiger partial charge in [-0.25, -0.2) is 0 Å². The Morgan fingerprint density at radius 1 is 1.24 bits per heavy atom. The summed E-state index contributed by atoms with van der Waals surface area (Å²) in [5, 5.41) is 0. The third kappa shape index (κ3) is 3.34. The Bertz CT molecular complexity index is 433. The van der Waals surface area contributed by atoms with Crippen molar-refractivity contribution in [2.75, 3.05) is 25.6 Å². The van der Waals surface area contributed by atoms with Gasteiger partial charge in [0.05, 0.1) is 12.6 Å². The summed E-state index contributed by atoms with van der Waals surface area (Å²) in [5.41, 5.74) is 7.53. The van der Waals surface area contributed by atoms with E-state index in [4.69, 9.17) is 10.5 Å². The van der Waals surface area contributed by atoms with Gasteiger partial charge in [0.15, 0.2) is 0 Å². The topological polar surface area (TPSA) is 38.5 Å². The molecule has 1 saturated carbocycles. The second-order valence-electron chi connectivity index (χ2n) is 6.77. The first-order valence-electron chi connectivity index (χ1n) is 8.10. The van der Waals surface area contributed by atoms with Crippen LogP contribution in [0.5, 0.6) is 5.75 Å². The molecule has 0 spiro atoms. The fourth-order valence-electron chi connectivity index (χ4n) is 3.60. The van der Waals surface area contributed by atoms with E-state index in [1.165, 1.54) is 31.4 Å². The molecule has 0 amide bonds. The maximum atomic E-state index is 6.19. The van der Waals surface area contributed by atoms with Crippen molar-refractivity contribution in [2.24, 2.45) is 17.6 Å². The number of hydrogen-bond acceptors (Lipinski definition) is 3. The van der Waals surface area contributed by atoms with E-state index in [2.05, 4.69) is 37.9 Å². The monoisotopic (exact) mass is 290 g/mol. The van der Waals surface area contributed by atoms with Gasteiger partial charge >= 0.3 is 0 Å².